The zero-order valence-electron chi connectivity index (χ0n) is 12.6. The molecule has 2 amide bonds. The number of anilines is 2. The third kappa shape index (κ3) is 4.56. The normalized spacial score (nSPS) is 10.4. The average molecular weight is 280 g/mol. The van der Waals surface area contributed by atoms with Gasteiger partial charge in [-0.2, -0.15) is 0 Å². The predicted octanol–water partition coefficient (Wildman–Crippen LogP) is 1.42. The van der Waals surface area contributed by atoms with Gasteiger partial charge in [-0.25, -0.2) is 14.8 Å². The summed E-state index contributed by atoms with van der Waals surface area (Å²) in [6, 6.07) is -0.526. The summed E-state index contributed by atoms with van der Waals surface area (Å²) in [6.07, 6.45) is 0. The second-order valence-corrected chi connectivity index (χ2v) is 4.81. The van der Waals surface area contributed by atoms with Crippen LogP contribution in [0.2, 0.25) is 0 Å². The van der Waals surface area contributed by atoms with Gasteiger partial charge < -0.3 is 21.7 Å². The lowest BCUT2D eigenvalue weighted by molar-refractivity contribution is 0.249. The number of carbonyl (C=O) groups excluding carboxylic acids is 1. The Balaban J connectivity index is 2.84. The SMILES string of the molecule is CCNc1nc(C(C)C)nc(NCCNC(N)=O)c1C. The minimum Gasteiger partial charge on any atom is -0.370 e. The third-order valence-corrected chi connectivity index (χ3v) is 2.74. The zero-order chi connectivity index (χ0) is 15.1. The minimum atomic E-state index is -0.526. The van der Waals surface area contributed by atoms with Gasteiger partial charge in [-0.1, -0.05) is 13.8 Å². The van der Waals surface area contributed by atoms with Gasteiger partial charge in [-0.05, 0) is 13.8 Å². The molecule has 1 heterocycles. The molecule has 0 unspecified atom stereocenters. The smallest absolute Gasteiger partial charge is 0.312 e. The molecule has 0 aliphatic carbocycles. The first-order chi connectivity index (χ1) is 9.45. The minimum absolute atomic E-state index is 0.248. The van der Waals surface area contributed by atoms with Gasteiger partial charge in [0.2, 0.25) is 0 Å². The van der Waals surface area contributed by atoms with Crippen molar-refractivity contribution in [2.75, 3.05) is 30.3 Å². The maximum atomic E-state index is 10.6. The molecule has 0 spiro atoms. The van der Waals surface area contributed by atoms with Crippen molar-refractivity contribution >= 4 is 17.7 Å². The molecular weight excluding hydrogens is 256 g/mol. The van der Waals surface area contributed by atoms with Crippen LogP contribution in [0.15, 0.2) is 0 Å². The van der Waals surface area contributed by atoms with Gasteiger partial charge in [0.25, 0.3) is 0 Å². The van der Waals surface area contributed by atoms with Crippen LogP contribution in [0.25, 0.3) is 0 Å². The first-order valence-corrected chi connectivity index (χ1v) is 6.85. The van der Waals surface area contributed by atoms with E-state index in [4.69, 9.17) is 5.73 Å². The van der Waals surface area contributed by atoms with Crippen molar-refractivity contribution in [1.82, 2.24) is 15.3 Å². The van der Waals surface area contributed by atoms with E-state index in [1.54, 1.807) is 0 Å². The molecule has 0 radical (unpaired) electrons. The van der Waals surface area contributed by atoms with Crippen molar-refractivity contribution in [3.05, 3.63) is 11.4 Å². The van der Waals surface area contributed by atoms with Gasteiger partial charge in [-0.15, -0.1) is 0 Å². The Labute approximate surface area is 119 Å². The van der Waals surface area contributed by atoms with Gasteiger partial charge in [0.05, 0.1) is 0 Å². The van der Waals surface area contributed by atoms with E-state index < -0.39 is 6.03 Å². The van der Waals surface area contributed by atoms with Crippen LogP contribution in [0.5, 0.6) is 0 Å². The highest BCUT2D eigenvalue weighted by molar-refractivity contribution is 5.71. The lowest BCUT2D eigenvalue weighted by atomic mass is 10.2. The number of hydrogen-bond acceptors (Lipinski definition) is 5. The summed E-state index contributed by atoms with van der Waals surface area (Å²) in [6.45, 7) is 9.92. The van der Waals surface area contributed by atoms with E-state index in [1.807, 2.05) is 13.8 Å². The fourth-order valence-electron chi connectivity index (χ4n) is 1.67. The van der Waals surface area contributed by atoms with E-state index in [1.165, 1.54) is 0 Å². The largest absolute Gasteiger partial charge is 0.370 e. The highest BCUT2D eigenvalue weighted by atomic mass is 16.2. The molecule has 0 aliphatic heterocycles. The number of hydrogen-bond donors (Lipinski definition) is 4. The molecule has 0 bridgehead atoms. The Kier molecular flexibility index (Phi) is 6.02. The first-order valence-electron chi connectivity index (χ1n) is 6.85. The Morgan fingerprint density at radius 2 is 1.80 bits per heavy atom. The fraction of sp³-hybridized carbons (Fsp3) is 0.615. The highest BCUT2D eigenvalue weighted by Gasteiger charge is 2.12. The van der Waals surface area contributed by atoms with Gasteiger partial charge in [0, 0.05) is 31.1 Å². The molecule has 7 heteroatoms. The number of nitrogens with one attached hydrogen (secondary N) is 3. The van der Waals surface area contributed by atoms with Crippen LogP contribution in [0.3, 0.4) is 0 Å². The molecule has 0 saturated heterocycles. The van der Waals surface area contributed by atoms with Gasteiger partial charge in [0.1, 0.15) is 17.5 Å². The van der Waals surface area contributed by atoms with Crippen LogP contribution < -0.4 is 21.7 Å². The molecule has 0 aliphatic rings. The molecule has 1 rings (SSSR count). The third-order valence-electron chi connectivity index (χ3n) is 2.74. The Hall–Kier alpha value is -2.05. The summed E-state index contributed by atoms with van der Waals surface area (Å²) in [5, 5.41) is 8.97. The number of amides is 2. The summed E-state index contributed by atoms with van der Waals surface area (Å²) in [4.78, 5) is 19.7. The lowest BCUT2D eigenvalue weighted by Gasteiger charge is -2.16. The summed E-state index contributed by atoms with van der Waals surface area (Å²) < 4.78 is 0. The number of urea groups is 1. The van der Waals surface area contributed by atoms with Gasteiger partial charge >= 0.3 is 6.03 Å². The van der Waals surface area contributed by atoms with Crippen molar-refractivity contribution < 1.29 is 4.79 Å². The van der Waals surface area contributed by atoms with E-state index >= 15 is 0 Å². The molecule has 0 atom stereocenters. The summed E-state index contributed by atoms with van der Waals surface area (Å²) in [5.74, 6) is 2.66. The number of nitrogens with two attached hydrogens (primary N) is 1. The quantitative estimate of drug-likeness (QED) is 0.565. The maximum absolute atomic E-state index is 10.6. The van der Waals surface area contributed by atoms with E-state index in [0.29, 0.717) is 13.1 Å². The first kappa shape index (κ1) is 16.0. The summed E-state index contributed by atoms with van der Waals surface area (Å²) in [7, 11) is 0. The highest BCUT2D eigenvalue weighted by Crippen LogP contribution is 2.22. The fourth-order valence-corrected chi connectivity index (χ4v) is 1.67. The van der Waals surface area contributed by atoms with E-state index in [9.17, 15) is 4.79 Å². The number of rotatable bonds is 7. The predicted molar refractivity (Wildman–Crippen MR) is 81.1 cm³/mol. The molecule has 0 aromatic carbocycles. The lowest BCUT2D eigenvalue weighted by Crippen LogP contribution is -2.33. The second kappa shape index (κ2) is 7.52. The Morgan fingerprint density at radius 3 is 2.30 bits per heavy atom. The number of carbonyl (C=O) groups is 1. The molecule has 5 N–H and O–H groups in total. The zero-order valence-corrected chi connectivity index (χ0v) is 12.6. The topological polar surface area (TPSA) is 105 Å². The monoisotopic (exact) mass is 280 g/mol. The van der Waals surface area contributed by atoms with Crippen molar-refractivity contribution in [3.63, 3.8) is 0 Å². The van der Waals surface area contributed by atoms with Gasteiger partial charge in [-0.3, -0.25) is 0 Å². The van der Waals surface area contributed by atoms with Crippen molar-refractivity contribution in [2.45, 2.75) is 33.6 Å². The Morgan fingerprint density at radius 1 is 1.20 bits per heavy atom. The number of aromatic nitrogens is 2. The van der Waals surface area contributed by atoms with Crippen molar-refractivity contribution in [2.24, 2.45) is 5.73 Å². The van der Waals surface area contributed by atoms with Crippen LogP contribution in [0, 0.1) is 6.92 Å². The van der Waals surface area contributed by atoms with E-state index in [-0.39, 0.29) is 5.92 Å². The van der Waals surface area contributed by atoms with Crippen LogP contribution in [-0.2, 0) is 0 Å². The molecule has 112 valence electrons. The molecule has 1 aromatic rings. The van der Waals surface area contributed by atoms with Crippen LogP contribution in [-0.4, -0.2) is 35.6 Å². The van der Waals surface area contributed by atoms with Gasteiger partial charge in [0.15, 0.2) is 0 Å². The molecule has 0 fully saturated rings. The Bertz CT molecular complexity index is 460. The molecule has 1 aromatic heterocycles. The number of primary amides is 1. The summed E-state index contributed by atoms with van der Waals surface area (Å²) in [5.41, 5.74) is 5.98. The van der Waals surface area contributed by atoms with Crippen molar-refractivity contribution in [1.29, 1.82) is 0 Å². The molecular formula is C13H24N6O. The van der Waals surface area contributed by atoms with Crippen LogP contribution in [0.4, 0.5) is 16.4 Å². The van der Waals surface area contributed by atoms with E-state index in [0.717, 1.165) is 29.6 Å². The standard InChI is InChI=1S/C13H24N6O/c1-5-15-11-9(4)12(16-6-7-17-13(14)20)19-10(18-11)8(2)3/h8H,5-7H2,1-4H3,(H3,14,17,20)(H2,15,16,18,19). The molecule has 20 heavy (non-hydrogen) atoms. The molecule has 0 saturated carbocycles. The molecule has 7 nitrogen and oxygen atoms in total. The number of nitrogens with zero attached hydrogens (tertiary/aromatic N) is 2. The summed E-state index contributed by atoms with van der Waals surface area (Å²) >= 11 is 0. The van der Waals surface area contributed by atoms with Crippen LogP contribution >= 0.6 is 0 Å². The van der Waals surface area contributed by atoms with Crippen LogP contribution in [0.1, 0.15) is 38.1 Å². The maximum Gasteiger partial charge on any atom is 0.312 e. The van der Waals surface area contributed by atoms with Crippen molar-refractivity contribution in [3.8, 4) is 0 Å². The van der Waals surface area contributed by atoms with E-state index in [2.05, 4.69) is 39.8 Å². The second-order valence-electron chi connectivity index (χ2n) is 4.81. The average Bonchev–Trinajstić information content (AvgIpc) is 2.38.